The number of nitrogens with two attached hydrogens (primary N) is 1. The summed E-state index contributed by atoms with van der Waals surface area (Å²) in [5.41, 5.74) is 7.15. The fourth-order valence-corrected chi connectivity index (χ4v) is 3.05. The molecular formula is C15H20N2O2. The number of nitriles is 1. The second-order valence-electron chi connectivity index (χ2n) is 5.23. The summed E-state index contributed by atoms with van der Waals surface area (Å²) in [6.45, 7) is 0.541. The second-order valence-corrected chi connectivity index (χ2v) is 5.23. The lowest BCUT2D eigenvalue weighted by Gasteiger charge is -2.37. The van der Waals surface area contributed by atoms with E-state index in [-0.39, 0.29) is 16.7 Å². The van der Waals surface area contributed by atoms with Crippen molar-refractivity contribution in [3.63, 3.8) is 0 Å². The van der Waals surface area contributed by atoms with Crippen molar-refractivity contribution in [1.82, 2.24) is 0 Å². The fourth-order valence-electron chi connectivity index (χ4n) is 3.05. The Morgan fingerprint density at radius 1 is 1.37 bits per heavy atom. The Labute approximate surface area is 113 Å². The number of ether oxygens (including phenoxy) is 1. The molecule has 1 saturated carbocycles. The highest BCUT2D eigenvalue weighted by Crippen LogP contribution is 2.44. The van der Waals surface area contributed by atoms with E-state index in [1.54, 1.807) is 13.2 Å². The second kappa shape index (κ2) is 5.50. The van der Waals surface area contributed by atoms with Gasteiger partial charge in [0.05, 0.1) is 12.7 Å². The van der Waals surface area contributed by atoms with Crippen molar-refractivity contribution in [2.24, 2.45) is 5.73 Å². The van der Waals surface area contributed by atoms with Gasteiger partial charge in [0.2, 0.25) is 0 Å². The van der Waals surface area contributed by atoms with Crippen molar-refractivity contribution < 1.29 is 9.84 Å². The highest BCUT2D eigenvalue weighted by Gasteiger charge is 2.35. The zero-order valence-corrected chi connectivity index (χ0v) is 11.3. The number of benzene rings is 1. The first-order valence-corrected chi connectivity index (χ1v) is 6.68. The van der Waals surface area contributed by atoms with E-state index < -0.39 is 0 Å². The topological polar surface area (TPSA) is 79.3 Å². The quantitative estimate of drug-likeness (QED) is 0.874. The minimum atomic E-state index is -0.122. The lowest BCUT2D eigenvalue weighted by molar-refractivity contribution is 0.287. The lowest BCUT2D eigenvalue weighted by atomic mass is 9.69. The maximum absolute atomic E-state index is 9.77. The maximum Gasteiger partial charge on any atom is 0.137 e. The van der Waals surface area contributed by atoms with Gasteiger partial charge in [-0.25, -0.2) is 0 Å². The molecule has 0 aliphatic heterocycles. The fraction of sp³-hybridized carbons (Fsp3) is 0.533. The molecule has 1 aromatic rings. The summed E-state index contributed by atoms with van der Waals surface area (Å²) in [5.74, 6) is 0.593. The predicted octanol–water partition coefficient (Wildman–Crippen LogP) is 2.43. The van der Waals surface area contributed by atoms with Crippen LogP contribution in [-0.2, 0) is 5.41 Å². The molecule has 3 N–H and O–H groups in total. The molecule has 1 aliphatic rings. The number of phenolic OH excluding ortho intramolecular Hbond substituents is 1. The van der Waals surface area contributed by atoms with E-state index in [1.165, 1.54) is 12.5 Å². The zero-order chi connectivity index (χ0) is 13.9. The Balaban J connectivity index is 2.55. The summed E-state index contributed by atoms with van der Waals surface area (Å²) >= 11 is 0. The van der Waals surface area contributed by atoms with Crippen LogP contribution in [0.4, 0.5) is 0 Å². The Morgan fingerprint density at radius 2 is 2.05 bits per heavy atom. The molecule has 0 aromatic heterocycles. The largest absolute Gasteiger partial charge is 0.506 e. The van der Waals surface area contributed by atoms with Crippen LogP contribution in [0.3, 0.4) is 0 Å². The Kier molecular flexibility index (Phi) is 3.96. The van der Waals surface area contributed by atoms with Gasteiger partial charge in [-0.2, -0.15) is 5.26 Å². The number of phenols is 1. The van der Waals surface area contributed by atoms with Crippen molar-refractivity contribution in [3.8, 4) is 17.6 Å². The van der Waals surface area contributed by atoms with E-state index in [9.17, 15) is 5.11 Å². The Morgan fingerprint density at radius 3 is 2.58 bits per heavy atom. The van der Waals surface area contributed by atoms with Crippen molar-refractivity contribution >= 4 is 0 Å². The van der Waals surface area contributed by atoms with Gasteiger partial charge in [-0.15, -0.1) is 0 Å². The third-order valence-electron chi connectivity index (χ3n) is 4.21. The summed E-state index contributed by atoms with van der Waals surface area (Å²) in [6, 6.07) is 5.29. The van der Waals surface area contributed by atoms with Gasteiger partial charge in [0.15, 0.2) is 0 Å². The van der Waals surface area contributed by atoms with Crippen molar-refractivity contribution in [2.75, 3.05) is 13.7 Å². The van der Waals surface area contributed by atoms with Gasteiger partial charge in [-0.05, 0) is 18.9 Å². The van der Waals surface area contributed by atoms with Crippen LogP contribution in [0.5, 0.6) is 11.5 Å². The number of aromatic hydroxyl groups is 1. The standard InChI is InChI=1S/C15H20N2O2/c1-19-14-8-13(18)11(9-16)7-12(14)15(10-17)5-3-2-4-6-15/h7-8,18H,2-6,10,17H2,1H3. The van der Waals surface area contributed by atoms with Gasteiger partial charge in [0.1, 0.15) is 17.6 Å². The molecule has 1 fully saturated rings. The monoisotopic (exact) mass is 260 g/mol. The summed E-state index contributed by atoms with van der Waals surface area (Å²) < 4.78 is 5.38. The van der Waals surface area contributed by atoms with E-state index in [1.807, 2.05) is 6.07 Å². The predicted molar refractivity (Wildman–Crippen MR) is 73.2 cm³/mol. The molecule has 0 saturated heterocycles. The van der Waals surface area contributed by atoms with Gasteiger partial charge < -0.3 is 15.6 Å². The first-order valence-electron chi connectivity index (χ1n) is 6.68. The van der Waals surface area contributed by atoms with Gasteiger partial charge in [0, 0.05) is 23.6 Å². The first kappa shape index (κ1) is 13.7. The van der Waals surface area contributed by atoms with Crippen LogP contribution >= 0.6 is 0 Å². The molecule has 0 atom stereocenters. The van der Waals surface area contributed by atoms with E-state index in [0.717, 1.165) is 31.2 Å². The van der Waals surface area contributed by atoms with Crippen LogP contribution in [0.25, 0.3) is 0 Å². The van der Waals surface area contributed by atoms with Crippen molar-refractivity contribution in [1.29, 1.82) is 5.26 Å². The van der Waals surface area contributed by atoms with Crippen LogP contribution in [0.15, 0.2) is 12.1 Å². The number of rotatable bonds is 3. The summed E-state index contributed by atoms with van der Waals surface area (Å²) in [7, 11) is 1.58. The van der Waals surface area contributed by atoms with E-state index >= 15 is 0 Å². The minimum absolute atomic E-state index is 0.0360. The molecular weight excluding hydrogens is 240 g/mol. The molecule has 4 heteroatoms. The number of hydrogen-bond donors (Lipinski definition) is 2. The summed E-state index contributed by atoms with van der Waals surface area (Å²) in [4.78, 5) is 0. The molecule has 0 spiro atoms. The molecule has 0 heterocycles. The first-order chi connectivity index (χ1) is 9.16. The molecule has 0 radical (unpaired) electrons. The van der Waals surface area contributed by atoms with Crippen LogP contribution < -0.4 is 10.5 Å². The lowest BCUT2D eigenvalue weighted by Crippen LogP contribution is -2.37. The highest BCUT2D eigenvalue weighted by molar-refractivity contribution is 5.54. The molecule has 4 nitrogen and oxygen atoms in total. The van der Waals surface area contributed by atoms with Gasteiger partial charge in [0.25, 0.3) is 0 Å². The van der Waals surface area contributed by atoms with E-state index in [4.69, 9.17) is 15.7 Å². The normalized spacial score (nSPS) is 17.7. The summed E-state index contributed by atoms with van der Waals surface area (Å²) in [5, 5.41) is 18.8. The highest BCUT2D eigenvalue weighted by atomic mass is 16.5. The molecule has 2 rings (SSSR count). The van der Waals surface area contributed by atoms with Gasteiger partial charge >= 0.3 is 0 Å². The van der Waals surface area contributed by atoms with Crippen LogP contribution in [-0.4, -0.2) is 18.8 Å². The molecule has 102 valence electrons. The third kappa shape index (κ3) is 2.39. The van der Waals surface area contributed by atoms with Gasteiger partial charge in [-0.3, -0.25) is 0 Å². The third-order valence-corrected chi connectivity index (χ3v) is 4.21. The zero-order valence-electron chi connectivity index (χ0n) is 11.3. The molecule has 0 unspecified atom stereocenters. The van der Waals surface area contributed by atoms with Crippen molar-refractivity contribution in [3.05, 3.63) is 23.3 Å². The minimum Gasteiger partial charge on any atom is -0.506 e. The molecule has 19 heavy (non-hydrogen) atoms. The molecule has 1 aromatic carbocycles. The number of nitrogens with zero attached hydrogens (tertiary/aromatic N) is 1. The van der Waals surface area contributed by atoms with Crippen LogP contribution in [0.1, 0.15) is 43.2 Å². The number of methoxy groups -OCH3 is 1. The van der Waals surface area contributed by atoms with E-state index in [2.05, 4.69) is 0 Å². The Hall–Kier alpha value is -1.73. The van der Waals surface area contributed by atoms with Crippen LogP contribution in [0, 0.1) is 11.3 Å². The maximum atomic E-state index is 9.77. The molecule has 1 aliphatic carbocycles. The van der Waals surface area contributed by atoms with Crippen molar-refractivity contribution in [2.45, 2.75) is 37.5 Å². The molecule has 0 bridgehead atoms. The van der Waals surface area contributed by atoms with Gasteiger partial charge in [-0.1, -0.05) is 19.3 Å². The smallest absolute Gasteiger partial charge is 0.137 e. The summed E-state index contributed by atoms with van der Waals surface area (Å²) in [6.07, 6.45) is 5.53. The van der Waals surface area contributed by atoms with Crippen LogP contribution in [0.2, 0.25) is 0 Å². The Bertz CT molecular complexity index is 500. The SMILES string of the molecule is COc1cc(O)c(C#N)cc1C1(CN)CCCCC1. The average Bonchev–Trinajstić information content (AvgIpc) is 2.47. The average molecular weight is 260 g/mol. The number of hydrogen-bond acceptors (Lipinski definition) is 4. The van der Waals surface area contributed by atoms with E-state index in [0.29, 0.717) is 12.3 Å². The molecule has 0 amide bonds.